The van der Waals surface area contributed by atoms with E-state index in [2.05, 4.69) is 9.97 Å². The highest BCUT2D eigenvalue weighted by Gasteiger charge is 2.25. The summed E-state index contributed by atoms with van der Waals surface area (Å²) in [5.41, 5.74) is -1.70. The van der Waals surface area contributed by atoms with Crippen molar-refractivity contribution < 1.29 is 19.6 Å². The Bertz CT molecular complexity index is 783. The maximum absolute atomic E-state index is 11.3. The van der Waals surface area contributed by atoms with Crippen LogP contribution in [0.3, 0.4) is 0 Å². The third-order valence-corrected chi connectivity index (χ3v) is 2.47. The van der Waals surface area contributed by atoms with Crippen LogP contribution in [0.1, 0.15) is 16.2 Å². The van der Waals surface area contributed by atoms with Crippen LogP contribution in [0.25, 0.3) is 0 Å². The molecule has 0 aliphatic rings. The number of aromatic amines is 1. The van der Waals surface area contributed by atoms with E-state index in [0.717, 1.165) is 12.1 Å². The van der Waals surface area contributed by atoms with Gasteiger partial charge in [-0.2, -0.15) is 0 Å². The van der Waals surface area contributed by atoms with Crippen molar-refractivity contribution >= 4 is 11.7 Å². The molecule has 1 heterocycles. The molecule has 9 heteroatoms. The van der Waals surface area contributed by atoms with E-state index in [1.807, 2.05) is 0 Å². The number of ether oxygens (including phenoxy) is 1. The number of nitro benzene ring substituents is 1. The van der Waals surface area contributed by atoms with Crippen molar-refractivity contribution in [3.8, 4) is 11.6 Å². The molecular weight excluding hydrogens is 282 g/mol. The number of aromatic nitrogens is 2. The van der Waals surface area contributed by atoms with Gasteiger partial charge in [-0.3, -0.25) is 14.9 Å². The molecule has 0 amide bonds. The predicted molar refractivity (Wildman–Crippen MR) is 69.7 cm³/mol. The van der Waals surface area contributed by atoms with Gasteiger partial charge >= 0.3 is 5.97 Å². The fraction of sp³-hybridized carbons (Fsp3) is 0.0833. The lowest BCUT2D eigenvalue weighted by molar-refractivity contribution is -0.385. The van der Waals surface area contributed by atoms with Crippen molar-refractivity contribution in [1.29, 1.82) is 0 Å². The summed E-state index contributed by atoms with van der Waals surface area (Å²) < 4.78 is 5.21. The monoisotopic (exact) mass is 291 g/mol. The number of benzene rings is 1. The van der Waals surface area contributed by atoms with E-state index < -0.39 is 27.7 Å². The largest absolute Gasteiger partial charge is 0.477 e. The van der Waals surface area contributed by atoms with E-state index in [-0.39, 0.29) is 17.5 Å². The predicted octanol–water partition coefficient (Wildman–Crippen LogP) is 1.48. The maximum atomic E-state index is 11.3. The average Bonchev–Trinajstić information content (AvgIpc) is 2.36. The molecule has 9 nitrogen and oxygen atoms in total. The number of nitro groups is 1. The molecule has 1 aromatic carbocycles. The zero-order valence-electron chi connectivity index (χ0n) is 10.7. The van der Waals surface area contributed by atoms with Gasteiger partial charge in [0.25, 0.3) is 11.2 Å². The van der Waals surface area contributed by atoms with Crippen molar-refractivity contribution in [2.45, 2.75) is 6.92 Å². The van der Waals surface area contributed by atoms with Gasteiger partial charge in [-0.05, 0) is 13.0 Å². The highest BCUT2D eigenvalue weighted by atomic mass is 16.6. The molecule has 0 aliphatic carbocycles. The molecule has 0 bridgehead atoms. The maximum Gasteiger partial charge on any atom is 0.346 e. The van der Waals surface area contributed by atoms with Crippen LogP contribution < -0.4 is 10.3 Å². The van der Waals surface area contributed by atoms with Gasteiger partial charge in [0, 0.05) is 6.07 Å². The number of H-pyrrole nitrogens is 1. The lowest BCUT2D eigenvalue weighted by atomic mass is 10.1. The molecule has 0 fully saturated rings. The summed E-state index contributed by atoms with van der Waals surface area (Å²) in [6, 6.07) is 4.58. The van der Waals surface area contributed by atoms with E-state index in [0.29, 0.717) is 0 Å². The summed E-state index contributed by atoms with van der Waals surface area (Å²) in [4.78, 5) is 38.8. The lowest BCUT2D eigenvalue weighted by Crippen LogP contribution is -2.10. The van der Waals surface area contributed by atoms with E-state index in [1.54, 1.807) is 0 Å². The van der Waals surface area contributed by atoms with Gasteiger partial charge in [-0.25, -0.2) is 9.78 Å². The summed E-state index contributed by atoms with van der Waals surface area (Å²) in [5, 5.41) is 20.0. The Balaban J connectivity index is 2.54. The Morgan fingerprint density at radius 1 is 1.48 bits per heavy atom. The van der Waals surface area contributed by atoms with Gasteiger partial charge in [0.05, 0.1) is 11.0 Å². The minimum atomic E-state index is -1.51. The quantitative estimate of drug-likeness (QED) is 0.643. The van der Waals surface area contributed by atoms with Crippen LogP contribution in [0.5, 0.6) is 11.6 Å². The first-order valence-corrected chi connectivity index (χ1v) is 5.65. The zero-order chi connectivity index (χ0) is 15.6. The number of nitrogens with zero attached hydrogens (tertiary/aromatic N) is 2. The van der Waals surface area contributed by atoms with Gasteiger partial charge in [0.15, 0.2) is 11.3 Å². The van der Waals surface area contributed by atoms with Crippen molar-refractivity contribution in [1.82, 2.24) is 9.97 Å². The standard InChI is InChI=1S/C12H9N3O6/c1-6-13-9(16)5-10(14-6)21-8-4-2-3-7(15(19)20)11(8)12(17)18/h2-5H,1H3,(H,17,18)(H,13,14,16). The molecule has 2 rings (SSSR count). The molecule has 2 N–H and O–H groups in total. The number of carboxylic acid groups (broad SMARTS) is 1. The normalized spacial score (nSPS) is 10.1. The SMILES string of the molecule is Cc1nc(Oc2cccc([N+](=O)[O-])c2C(=O)O)cc(=O)[nH]1. The molecule has 108 valence electrons. The van der Waals surface area contributed by atoms with E-state index >= 15 is 0 Å². The molecule has 0 spiro atoms. The van der Waals surface area contributed by atoms with Gasteiger partial charge in [0.2, 0.25) is 5.88 Å². The van der Waals surface area contributed by atoms with Gasteiger partial charge < -0.3 is 14.8 Å². The Hall–Kier alpha value is -3.23. The minimum absolute atomic E-state index is 0.153. The van der Waals surface area contributed by atoms with E-state index in [1.165, 1.54) is 19.1 Å². The number of nitrogens with one attached hydrogen (secondary N) is 1. The first kappa shape index (κ1) is 14.2. The second-order valence-corrected chi connectivity index (χ2v) is 3.98. The number of carboxylic acids is 1. The summed E-state index contributed by atoms with van der Waals surface area (Å²) in [7, 11) is 0. The molecule has 0 saturated heterocycles. The number of aromatic carboxylic acids is 1. The molecule has 2 aromatic rings. The topological polar surface area (TPSA) is 135 Å². The van der Waals surface area contributed by atoms with E-state index in [9.17, 15) is 19.7 Å². The number of aryl methyl sites for hydroxylation is 1. The van der Waals surface area contributed by atoms with Crippen LogP contribution in [0.2, 0.25) is 0 Å². The second-order valence-electron chi connectivity index (χ2n) is 3.98. The zero-order valence-corrected chi connectivity index (χ0v) is 10.7. The summed E-state index contributed by atoms with van der Waals surface area (Å²) in [6.45, 7) is 1.51. The smallest absolute Gasteiger partial charge is 0.346 e. The molecule has 1 aromatic heterocycles. The molecule has 21 heavy (non-hydrogen) atoms. The lowest BCUT2D eigenvalue weighted by Gasteiger charge is -2.08. The van der Waals surface area contributed by atoms with E-state index in [4.69, 9.17) is 9.84 Å². The van der Waals surface area contributed by atoms with Crippen molar-refractivity contribution in [3.63, 3.8) is 0 Å². The summed E-state index contributed by atoms with van der Waals surface area (Å²) >= 11 is 0. The van der Waals surface area contributed by atoms with Crippen LogP contribution >= 0.6 is 0 Å². The highest BCUT2D eigenvalue weighted by molar-refractivity contribution is 5.95. The average molecular weight is 291 g/mol. The third kappa shape index (κ3) is 3.03. The first-order valence-electron chi connectivity index (χ1n) is 5.65. The van der Waals surface area contributed by atoms with Gasteiger partial charge in [-0.1, -0.05) is 6.07 Å². The fourth-order valence-corrected chi connectivity index (χ4v) is 1.69. The fourth-order valence-electron chi connectivity index (χ4n) is 1.69. The number of hydrogen-bond acceptors (Lipinski definition) is 6. The third-order valence-electron chi connectivity index (χ3n) is 2.47. The number of hydrogen-bond donors (Lipinski definition) is 2. The van der Waals surface area contributed by atoms with Crippen LogP contribution in [0.4, 0.5) is 5.69 Å². The van der Waals surface area contributed by atoms with Crippen LogP contribution in [-0.2, 0) is 0 Å². The Labute approximate surface area is 117 Å². The number of carbonyl (C=O) groups is 1. The molecule has 0 atom stereocenters. The molecule has 0 radical (unpaired) electrons. The van der Waals surface area contributed by atoms with Crippen molar-refractivity contribution in [3.05, 3.63) is 56.1 Å². The van der Waals surface area contributed by atoms with Crippen LogP contribution in [0.15, 0.2) is 29.1 Å². The molecule has 0 unspecified atom stereocenters. The van der Waals surface area contributed by atoms with Crippen molar-refractivity contribution in [2.24, 2.45) is 0 Å². The molecular formula is C12H9N3O6. The number of rotatable bonds is 4. The Kier molecular flexibility index (Phi) is 3.65. The Morgan fingerprint density at radius 2 is 2.19 bits per heavy atom. The van der Waals surface area contributed by atoms with Gasteiger partial charge in [0.1, 0.15) is 5.82 Å². The second kappa shape index (κ2) is 5.41. The van der Waals surface area contributed by atoms with Crippen LogP contribution in [0, 0.1) is 17.0 Å². The Morgan fingerprint density at radius 3 is 2.76 bits per heavy atom. The van der Waals surface area contributed by atoms with Gasteiger partial charge in [-0.15, -0.1) is 0 Å². The summed E-state index contributed by atoms with van der Waals surface area (Å²) in [6.07, 6.45) is 0. The first-order chi connectivity index (χ1) is 9.88. The van der Waals surface area contributed by atoms with Crippen LogP contribution in [-0.4, -0.2) is 26.0 Å². The van der Waals surface area contributed by atoms with Crippen molar-refractivity contribution in [2.75, 3.05) is 0 Å². The molecule has 0 aliphatic heterocycles. The highest BCUT2D eigenvalue weighted by Crippen LogP contribution is 2.30. The minimum Gasteiger partial charge on any atom is -0.477 e. The molecule has 0 saturated carbocycles. The summed E-state index contributed by atoms with van der Waals surface area (Å²) in [5.74, 6) is -1.67.